The Bertz CT molecular complexity index is 337. The van der Waals surface area contributed by atoms with Crippen LogP contribution in [0.1, 0.15) is 18.9 Å². The summed E-state index contributed by atoms with van der Waals surface area (Å²) in [5.41, 5.74) is 8.32. The Hall–Kier alpha value is -1.06. The van der Waals surface area contributed by atoms with E-state index in [0.717, 1.165) is 13.0 Å². The van der Waals surface area contributed by atoms with Gasteiger partial charge in [0.2, 0.25) is 0 Å². The van der Waals surface area contributed by atoms with Crippen molar-refractivity contribution >= 4 is 5.69 Å². The predicted molar refractivity (Wildman–Crippen MR) is 73.5 cm³/mol. The van der Waals surface area contributed by atoms with Gasteiger partial charge in [0.05, 0.1) is 5.54 Å². The number of nitrogens with two attached hydrogens (primary N) is 1. The van der Waals surface area contributed by atoms with Crippen molar-refractivity contribution in [1.29, 1.82) is 0 Å². The maximum Gasteiger partial charge on any atom is 0.0514 e. The van der Waals surface area contributed by atoms with Gasteiger partial charge in [0, 0.05) is 33.0 Å². The first kappa shape index (κ1) is 14.0. The van der Waals surface area contributed by atoms with Gasteiger partial charge in [-0.15, -0.1) is 0 Å². The lowest BCUT2D eigenvalue weighted by atomic mass is 9.95. The van der Waals surface area contributed by atoms with Gasteiger partial charge in [-0.3, -0.25) is 0 Å². The van der Waals surface area contributed by atoms with Crippen molar-refractivity contribution in [2.45, 2.75) is 25.8 Å². The Morgan fingerprint density at radius 2 is 1.88 bits per heavy atom. The van der Waals surface area contributed by atoms with Gasteiger partial charge < -0.3 is 15.4 Å². The minimum atomic E-state index is -0.0642. The first-order valence-electron chi connectivity index (χ1n) is 6.03. The van der Waals surface area contributed by atoms with Crippen molar-refractivity contribution in [2.24, 2.45) is 5.73 Å². The summed E-state index contributed by atoms with van der Waals surface area (Å²) in [6.07, 6.45) is 0.921. The number of anilines is 1. The number of rotatable bonds is 6. The van der Waals surface area contributed by atoms with Crippen LogP contribution in [-0.4, -0.2) is 32.8 Å². The van der Waals surface area contributed by atoms with Crippen molar-refractivity contribution in [1.82, 2.24) is 0 Å². The van der Waals surface area contributed by atoms with Crippen molar-refractivity contribution in [2.75, 3.05) is 32.2 Å². The maximum atomic E-state index is 5.92. The Labute approximate surface area is 105 Å². The third kappa shape index (κ3) is 3.45. The zero-order chi connectivity index (χ0) is 12.9. The molecule has 1 unspecified atom stereocenters. The van der Waals surface area contributed by atoms with E-state index in [1.807, 2.05) is 0 Å². The molecular weight excluding hydrogens is 212 g/mol. The van der Waals surface area contributed by atoms with E-state index in [9.17, 15) is 0 Å². The van der Waals surface area contributed by atoms with Crippen LogP contribution < -0.4 is 10.6 Å². The van der Waals surface area contributed by atoms with E-state index in [4.69, 9.17) is 10.5 Å². The molecule has 0 amide bonds. The van der Waals surface area contributed by atoms with Crippen LogP contribution in [0, 0.1) is 6.92 Å². The van der Waals surface area contributed by atoms with Gasteiger partial charge in [-0.05, 0) is 32.4 Å². The molecule has 1 rings (SSSR count). The smallest absolute Gasteiger partial charge is 0.0514 e. The fourth-order valence-electron chi connectivity index (χ4n) is 1.81. The molecule has 0 saturated heterocycles. The summed E-state index contributed by atoms with van der Waals surface area (Å²) in [5.74, 6) is 0. The average molecular weight is 236 g/mol. The number of aryl methyl sites for hydroxylation is 1. The second-order valence-corrected chi connectivity index (χ2v) is 4.84. The average Bonchev–Trinajstić information content (AvgIpc) is 2.36. The standard InChI is InChI=1S/C14H24N2O/c1-12-5-7-13(8-6-12)16(3)14(2,11-15)9-10-17-4/h5-8H,9-11,15H2,1-4H3. The van der Waals surface area contributed by atoms with Gasteiger partial charge in [0.15, 0.2) is 0 Å². The van der Waals surface area contributed by atoms with E-state index in [1.54, 1.807) is 7.11 Å². The number of nitrogens with zero attached hydrogens (tertiary/aromatic N) is 1. The lowest BCUT2D eigenvalue weighted by molar-refractivity contribution is 0.172. The van der Waals surface area contributed by atoms with Crippen LogP contribution in [0.25, 0.3) is 0 Å². The Morgan fingerprint density at radius 3 is 2.35 bits per heavy atom. The number of likely N-dealkylation sites (N-methyl/N-ethyl adjacent to an activating group) is 1. The normalized spacial score (nSPS) is 14.4. The second-order valence-electron chi connectivity index (χ2n) is 4.84. The second kappa shape index (κ2) is 6.03. The molecule has 0 aliphatic rings. The molecule has 0 spiro atoms. The first-order valence-corrected chi connectivity index (χ1v) is 6.03. The third-order valence-electron chi connectivity index (χ3n) is 3.52. The van der Waals surface area contributed by atoms with Crippen LogP contribution in [0.3, 0.4) is 0 Å². The van der Waals surface area contributed by atoms with Gasteiger partial charge in [-0.25, -0.2) is 0 Å². The van der Waals surface area contributed by atoms with Crippen molar-refractivity contribution in [3.63, 3.8) is 0 Å². The van der Waals surface area contributed by atoms with Crippen molar-refractivity contribution in [3.8, 4) is 0 Å². The van der Waals surface area contributed by atoms with Gasteiger partial charge in [-0.2, -0.15) is 0 Å². The van der Waals surface area contributed by atoms with Crippen LogP contribution in [-0.2, 0) is 4.74 Å². The highest BCUT2D eigenvalue weighted by molar-refractivity contribution is 5.49. The van der Waals surface area contributed by atoms with Crippen molar-refractivity contribution < 1.29 is 4.74 Å². The molecule has 0 radical (unpaired) electrons. The number of benzene rings is 1. The zero-order valence-corrected chi connectivity index (χ0v) is 11.4. The highest BCUT2D eigenvalue weighted by atomic mass is 16.5. The van der Waals surface area contributed by atoms with E-state index >= 15 is 0 Å². The van der Waals surface area contributed by atoms with E-state index in [-0.39, 0.29) is 5.54 Å². The maximum absolute atomic E-state index is 5.92. The largest absolute Gasteiger partial charge is 0.385 e. The highest BCUT2D eigenvalue weighted by Crippen LogP contribution is 2.24. The van der Waals surface area contributed by atoms with Gasteiger partial charge in [-0.1, -0.05) is 17.7 Å². The molecular formula is C14H24N2O. The number of methoxy groups -OCH3 is 1. The molecule has 3 heteroatoms. The number of ether oxygens (including phenoxy) is 1. The Balaban J connectivity index is 2.84. The van der Waals surface area contributed by atoms with Gasteiger partial charge in [0.25, 0.3) is 0 Å². The predicted octanol–water partition coefficient (Wildman–Crippen LogP) is 2.19. The van der Waals surface area contributed by atoms with Crippen LogP contribution in [0.4, 0.5) is 5.69 Å². The van der Waals surface area contributed by atoms with E-state index < -0.39 is 0 Å². The fraction of sp³-hybridized carbons (Fsp3) is 0.571. The van der Waals surface area contributed by atoms with E-state index in [1.165, 1.54) is 11.3 Å². The Morgan fingerprint density at radius 1 is 1.29 bits per heavy atom. The molecule has 0 aliphatic carbocycles. The van der Waals surface area contributed by atoms with Crippen LogP contribution in [0.2, 0.25) is 0 Å². The Kier molecular flexibility index (Phi) is 4.97. The van der Waals surface area contributed by atoms with Crippen LogP contribution in [0.5, 0.6) is 0 Å². The molecule has 0 bridgehead atoms. The third-order valence-corrected chi connectivity index (χ3v) is 3.52. The molecule has 0 fully saturated rings. The first-order chi connectivity index (χ1) is 8.03. The minimum Gasteiger partial charge on any atom is -0.385 e. The molecule has 0 saturated carbocycles. The SMILES string of the molecule is COCCC(C)(CN)N(C)c1ccc(C)cc1. The van der Waals surface area contributed by atoms with Gasteiger partial charge in [0.1, 0.15) is 0 Å². The monoisotopic (exact) mass is 236 g/mol. The molecule has 96 valence electrons. The fourth-order valence-corrected chi connectivity index (χ4v) is 1.81. The molecule has 3 nitrogen and oxygen atoms in total. The minimum absolute atomic E-state index is 0.0642. The summed E-state index contributed by atoms with van der Waals surface area (Å²) in [7, 11) is 3.82. The zero-order valence-electron chi connectivity index (χ0n) is 11.4. The summed E-state index contributed by atoms with van der Waals surface area (Å²) >= 11 is 0. The molecule has 0 aliphatic heterocycles. The molecule has 0 heterocycles. The molecule has 1 aromatic rings. The topological polar surface area (TPSA) is 38.5 Å². The van der Waals surface area contributed by atoms with Gasteiger partial charge >= 0.3 is 0 Å². The molecule has 1 aromatic carbocycles. The summed E-state index contributed by atoms with van der Waals surface area (Å²) in [4.78, 5) is 2.24. The number of hydrogen-bond acceptors (Lipinski definition) is 3. The molecule has 1 atom stereocenters. The highest BCUT2D eigenvalue weighted by Gasteiger charge is 2.27. The molecule has 0 aromatic heterocycles. The summed E-state index contributed by atoms with van der Waals surface area (Å²) < 4.78 is 5.16. The summed E-state index contributed by atoms with van der Waals surface area (Å²) in [6, 6.07) is 8.52. The van der Waals surface area contributed by atoms with Crippen molar-refractivity contribution in [3.05, 3.63) is 29.8 Å². The van der Waals surface area contributed by atoms with Crippen LogP contribution in [0.15, 0.2) is 24.3 Å². The summed E-state index contributed by atoms with van der Waals surface area (Å²) in [6.45, 7) is 5.60. The quantitative estimate of drug-likeness (QED) is 0.823. The summed E-state index contributed by atoms with van der Waals surface area (Å²) in [5, 5.41) is 0. The lowest BCUT2D eigenvalue weighted by Crippen LogP contribution is -2.50. The van der Waals surface area contributed by atoms with E-state index in [2.05, 4.69) is 50.1 Å². The van der Waals surface area contributed by atoms with E-state index in [0.29, 0.717) is 6.54 Å². The molecule has 17 heavy (non-hydrogen) atoms. The molecule has 2 N–H and O–H groups in total. The lowest BCUT2D eigenvalue weighted by Gasteiger charge is -2.39. The van der Waals surface area contributed by atoms with Crippen LogP contribution >= 0.6 is 0 Å². The number of hydrogen-bond donors (Lipinski definition) is 1.